The summed E-state index contributed by atoms with van der Waals surface area (Å²) in [7, 11) is 0. The molecule has 1 aliphatic carbocycles. The van der Waals surface area contributed by atoms with E-state index >= 15 is 0 Å². The van der Waals surface area contributed by atoms with Gasteiger partial charge in [-0.15, -0.1) is 11.3 Å². The molecule has 0 atom stereocenters. The van der Waals surface area contributed by atoms with Crippen LogP contribution in [0.25, 0.3) is 15.9 Å². The van der Waals surface area contributed by atoms with Gasteiger partial charge in [-0.25, -0.2) is 13.9 Å². The molecule has 29 heavy (non-hydrogen) atoms. The maximum atomic E-state index is 13.5. The maximum absolute atomic E-state index is 13.5. The first kappa shape index (κ1) is 20.0. The minimum absolute atomic E-state index is 0.0365. The zero-order valence-corrected chi connectivity index (χ0v) is 16.9. The van der Waals surface area contributed by atoms with Crippen LogP contribution in [0.2, 0.25) is 0 Å². The summed E-state index contributed by atoms with van der Waals surface area (Å²) in [6.45, 7) is 1.03. The fourth-order valence-electron chi connectivity index (χ4n) is 3.73. The minimum atomic E-state index is -0.354. The van der Waals surface area contributed by atoms with Crippen molar-refractivity contribution in [3.05, 3.63) is 50.9 Å². The van der Waals surface area contributed by atoms with Crippen LogP contribution in [-0.2, 0) is 17.6 Å². The molecule has 0 aliphatic heterocycles. The number of hydrogen-bond acceptors (Lipinski definition) is 6. The van der Waals surface area contributed by atoms with E-state index in [9.17, 15) is 9.18 Å². The van der Waals surface area contributed by atoms with Crippen molar-refractivity contribution in [3.63, 3.8) is 0 Å². The van der Waals surface area contributed by atoms with Crippen molar-refractivity contribution in [1.29, 1.82) is 0 Å². The van der Waals surface area contributed by atoms with E-state index in [-0.39, 0.29) is 24.6 Å². The Morgan fingerprint density at radius 2 is 1.97 bits per heavy atom. The van der Waals surface area contributed by atoms with Gasteiger partial charge in [-0.3, -0.25) is 4.79 Å². The van der Waals surface area contributed by atoms with E-state index in [2.05, 4.69) is 5.32 Å². The van der Waals surface area contributed by atoms with Crippen molar-refractivity contribution in [2.24, 2.45) is 0 Å². The number of nitrogens with zero attached hydrogens (tertiary/aromatic N) is 2. The molecular formula is C21H24FN3O3S. The Kier molecular flexibility index (Phi) is 6.22. The predicted molar refractivity (Wildman–Crippen MR) is 113 cm³/mol. The molecule has 154 valence electrons. The second-order valence-corrected chi connectivity index (χ2v) is 8.14. The van der Waals surface area contributed by atoms with E-state index in [4.69, 9.17) is 14.8 Å². The molecule has 0 radical (unpaired) electrons. The van der Waals surface area contributed by atoms with Crippen LogP contribution in [0.3, 0.4) is 0 Å². The molecule has 0 saturated heterocycles. The van der Waals surface area contributed by atoms with E-state index in [0.29, 0.717) is 30.2 Å². The molecule has 0 bridgehead atoms. The lowest BCUT2D eigenvalue weighted by Gasteiger charge is -2.14. The Morgan fingerprint density at radius 1 is 1.17 bits per heavy atom. The van der Waals surface area contributed by atoms with Crippen molar-refractivity contribution in [3.8, 4) is 5.69 Å². The highest BCUT2D eigenvalue weighted by Gasteiger charge is 2.22. The number of ether oxygens (including phenoxy) is 1. The van der Waals surface area contributed by atoms with Crippen molar-refractivity contribution in [2.45, 2.75) is 32.1 Å². The fourth-order valence-corrected chi connectivity index (χ4v) is 4.98. The van der Waals surface area contributed by atoms with Gasteiger partial charge in [-0.2, -0.15) is 0 Å². The number of benzene rings is 1. The Hall–Kier alpha value is -2.29. The number of hydrogen-bond donors (Lipinski definition) is 2. The molecule has 0 saturated carbocycles. The summed E-state index contributed by atoms with van der Waals surface area (Å²) < 4.78 is 20.3. The fraction of sp³-hybridized carbons (Fsp3) is 0.429. The van der Waals surface area contributed by atoms with Crippen LogP contribution in [0.4, 0.5) is 10.3 Å². The summed E-state index contributed by atoms with van der Waals surface area (Å²) in [6, 6.07) is 5.86. The van der Waals surface area contributed by atoms with Crippen LogP contribution < -0.4 is 10.9 Å². The van der Waals surface area contributed by atoms with Gasteiger partial charge < -0.3 is 15.2 Å². The minimum Gasteiger partial charge on any atom is -0.394 e. The van der Waals surface area contributed by atoms with Gasteiger partial charge in [0.2, 0.25) is 5.95 Å². The van der Waals surface area contributed by atoms with Crippen molar-refractivity contribution >= 4 is 27.5 Å². The van der Waals surface area contributed by atoms with E-state index in [0.717, 1.165) is 36.1 Å². The van der Waals surface area contributed by atoms with Gasteiger partial charge >= 0.3 is 0 Å². The molecule has 0 fully saturated rings. The monoisotopic (exact) mass is 417 g/mol. The molecule has 4 rings (SSSR count). The number of aryl methyl sites for hydroxylation is 2. The predicted octanol–water partition coefficient (Wildman–Crippen LogP) is 3.28. The van der Waals surface area contributed by atoms with Crippen LogP contribution in [0.5, 0.6) is 0 Å². The molecule has 6 nitrogen and oxygen atoms in total. The van der Waals surface area contributed by atoms with E-state index in [1.54, 1.807) is 23.5 Å². The summed E-state index contributed by atoms with van der Waals surface area (Å²) in [4.78, 5) is 20.3. The third kappa shape index (κ3) is 4.19. The highest BCUT2D eigenvalue weighted by Crippen LogP contribution is 2.34. The largest absolute Gasteiger partial charge is 0.394 e. The van der Waals surface area contributed by atoms with Gasteiger partial charge in [0.25, 0.3) is 5.56 Å². The molecule has 2 heterocycles. The highest BCUT2D eigenvalue weighted by atomic mass is 32.1. The Morgan fingerprint density at radius 3 is 2.76 bits per heavy atom. The maximum Gasteiger partial charge on any atom is 0.268 e. The average molecular weight is 418 g/mol. The number of rotatable bonds is 7. The summed E-state index contributed by atoms with van der Waals surface area (Å²) >= 11 is 1.61. The molecule has 1 aromatic carbocycles. The lowest BCUT2D eigenvalue weighted by Crippen LogP contribution is -2.25. The van der Waals surface area contributed by atoms with Crippen molar-refractivity contribution < 1.29 is 14.2 Å². The second-order valence-electron chi connectivity index (χ2n) is 7.06. The van der Waals surface area contributed by atoms with Gasteiger partial charge in [-0.1, -0.05) is 6.42 Å². The standard InChI is InChI=1S/C21H24FN3O3S/c22-14-6-8-15(9-7-14)25-20(27)18-16-4-2-1-3-5-17(16)29-19(18)24-21(25)23-10-12-28-13-11-26/h6-9,26H,1-5,10-13H2,(H,23,24). The SMILES string of the molecule is O=c1c2c3c(sc2nc(NCCOCCO)n1-c1ccc(F)cc1)CCCCC3. The first-order chi connectivity index (χ1) is 14.2. The van der Waals surface area contributed by atoms with E-state index < -0.39 is 0 Å². The lowest BCUT2D eigenvalue weighted by atomic mass is 10.1. The Balaban J connectivity index is 1.80. The summed E-state index contributed by atoms with van der Waals surface area (Å²) in [5, 5.41) is 12.7. The first-order valence-corrected chi connectivity index (χ1v) is 10.8. The number of aliphatic hydroxyl groups excluding tert-OH is 1. The molecule has 2 N–H and O–H groups in total. The Labute approximate surface area is 172 Å². The Bertz CT molecular complexity index is 1050. The number of nitrogens with one attached hydrogen (secondary N) is 1. The summed E-state index contributed by atoms with van der Waals surface area (Å²) in [6.07, 6.45) is 5.29. The average Bonchev–Trinajstić information content (AvgIpc) is 2.90. The van der Waals surface area contributed by atoms with Crippen LogP contribution >= 0.6 is 11.3 Å². The van der Waals surface area contributed by atoms with Crippen LogP contribution in [0.15, 0.2) is 29.1 Å². The molecule has 0 amide bonds. The lowest BCUT2D eigenvalue weighted by molar-refractivity contribution is 0.0991. The number of fused-ring (bicyclic) bond motifs is 3. The molecule has 2 aromatic heterocycles. The van der Waals surface area contributed by atoms with Crippen LogP contribution in [-0.4, -0.2) is 41.0 Å². The van der Waals surface area contributed by atoms with E-state index in [1.807, 2.05) is 0 Å². The number of anilines is 1. The second kappa shape index (κ2) is 9.02. The zero-order chi connectivity index (χ0) is 20.2. The third-order valence-electron chi connectivity index (χ3n) is 5.09. The van der Waals surface area contributed by atoms with Crippen molar-refractivity contribution in [2.75, 3.05) is 31.7 Å². The van der Waals surface area contributed by atoms with Gasteiger partial charge in [0.15, 0.2) is 0 Å². The number of aromatic nitrogens is 2. The molecule has 3 aromatic rings. The normalized spacial score (nSPS) is 14.0. The molecule has 8 heteroatoms. The summed E-state index contributed by atoms with van der Waals surface area (Å²) in [5.41, 5.74) is 1.58. The van der Waals surface area contributed by atoms with Gasteiger partial charge in [0.05, 0.1) is 30.9 Å². The van der Waals surface area contributed by atoms with Crippen LogP contribution in [0.1, 0.15) is 29.7 Å². The smallest absolute Gasteiger partial charge is 0.268 e. The number of halogens is 1. The first-order valence-electron chi connectivity index (χ1n) is 9.94. The summed E-state index contributed by atoms with van der Waals surface area (Å²) in [5.74, 6) is 0.0604. The van der Waals surface area contributed by atoms with Crippen molar-refractivity contribution in [1.82, 2.24) is 9.55 Å². The number of thiophene rings is 1. The van der Waals surface area contributed by atoms with E-state index in [1.165, 1.54) is 28.0 Å². The van der Waals surface area contributed by atoms with Gasteiger partial charge in [0.1, 0.15) is 10.6 Å². The highest BCUT2D eigenvalue weighted by molar-refractivity contribution is 7.18. The topological polar surface area (TPSA) is 76.4 Å². The quantitative estimate of drug-likeness (QED) is 0.456. The molecule has 0 spiro atoms. The molecular weight excluding hydrogens is 393 g/mol. The third-order valence-corrected chi connectivity index (χ3v) is 6.27. The molecule has 0 unspecified atom stereocenters. The number of aliphatic hydroxyl groups is 1. The zero-order valence-electron chi connectivity index (χ0n) is 16.1. The molecule has 1 aliphatic rings. The van der Waals surface area contributed by atoms with Gasteiger partial charge in [0, 0.05) is 11.4 Å². The van der Waals surface area contributed by atoms with Gasteiger partial charge in [-0.05, 0) is 55.5 Å². The van der Waals surface area contributed by atoms with Crippen LogP contribution in [0, 0.1) is 5.82 Å².